The molecule has 0 spiro atoms. The summed E-state index contributed by atoms with van der Waals surface area (Å²) in [6.45, 7) is 0. The van der Waals surface area contributed by atoms with Crippen LogP contribution in [0.1, 0.15) is 0 Å². The zero-order chi connectivity index (χ0) is 19.9. The normalized spacial score (nSPS) is 11.3. The third kappa shape index (κ3) is 2.62. The maximum Gasteiger partial charge on any atom is 0.258 e. The van der Waals surface area contributed by atoms with Gasteiger partial charge >= 0.3 is 0 Å². The Morgan fingerprint density at radius 2 is 1.17 bits per heavy atom. The van der Waals surface area contributed by atoms with Crippen LogP contribution in [0.5, 0.6) is 0 Å². The van der Waals surface area contributed by atoms with Crippen LogP contribution in [0.4, 0.5) is 0 Å². The maximum absolute atomic E-state index is 5.51. The van der Waals surface area contributed by atoms with E-state index >= 15 is 0 Å². The van der Waals surface area contributed by atoms with E-state index in [-0.39, 0.29) is 0 Å². The van der Waals surface area contributed by atoms with E-state index in [2.05, 4.69) is 75.4 Å². The molecule has 2 aromatic heterocycles. The van der Waals surface area contributed by atoms with Crippen molar-refractivity contribution in [1.82, 2.24) is 14.7 Å². The van der Waals surface area contributed by atoms with Crippen molar-refractivity contribution in [3.8, 4) is 28.5 Å². The van der Waals surface area contributed by atoms with Crippen LogP contribution < -0.4 is 0 Å². The molecular weight excluding hydrogens is 370 g/mol. The van der Waals surface area contributed by atoms with Gasteiger partial charge < -0.3 is 9.09 Å². The summed E-state index contributed by atoms with van der Waals surface area (Å²) < 4.78 is 7.80. The van der Waals surface area contributed by atoms with Gasteiger partial charge in [0.2, 0.25) is 5.82 Å². The van der Waals surface area contributed by atoms with Crippen molar-refractivity contribution < 1.29 is 4.52 Å². The quantitative estimate of drug-likeness (QED) is 0.348. The van der Waals surface area contributed by atoms with Crippen LogP contribution in [-0.4, -0.2) is 14.7 Å². The lowest BCUT2D eigenvalue weighted by Gasteiger charge is -2.08. The van der Waals surface area contributed by atoms with Crippen molar-refractivity contribution in [3.63, 3.8) is 0 Å². The highest BCUT2D eigenvalue weighted by Gasteiger charge is 2.13. The van der Waals surface area contributed by atoms with Gasteiger partial charge in [0, 0.05) is 27.6 Å². The van der Waals surface area contributed by atoms with E-state index in [1.54, 1.807) is 0 Å². The molecule has 6 aromatic rings. The number of fused-ring (bicyclic) bond motifs is 3. The third-order valence-corrected chi connectivity index (χ3v) is 5.41. The van der Waals surface area contributed by atoms with E-state index < -0.39 is 0 Å². The van der Waals surface area contributed by atoms with Crippen LogP contribution in [0, 0.1) is 0 Å². The molecule has 4 nitrogen and oxygen atoms in total. The average molecular weight is 387 g/mol. The van der Waals surface area contributed by atoms with E-state index in [4.69, 9.17) is 4.52 Å². The minimum absolute atomic E-state index is 0.516. The van der Waals surface area contributed by atoms with Gasteiger partial charge in [-0.3, -0.25) is 0 Å². The molecule has 0 saturated carbocycles. The van der Waals surface area contributed by atoms with Crippen LogP contribution in [-0.2, 0) is 0 Å². The fourth-order valence-electron chi connectivity index (χ4n) is 4.00. The lowest BCUT2D eigenvalue weighted by molar-refractivity contribution is 0.432. The number of rotatable bonds is 3. The van der Waals surface area contributed by atoms with E-state index in [0.717, 1.165) is 16.8 Å². The Kier molecular flexibility index (Phi) is 3.74. The predicted molar refractivity (Wildman–Crippen MR) is 120 cm³/mol. The lowest BCUT2D eigenvalue weighted by Crippen LogP contribution is -1.93. The molecule has 0 radical (unpaired) electrons. The number of nitrogens with zero attached hydrogens (tertiary/aromatic N) is 3. The zero-order valence-electron chi connectivity index (χ0n) is 16.1. The minimum Gasteiger partial charge on any atom is -0.334 e. The fourth-order valence-corrected chi connectivity index (χ4v) is 4.00. The molecule has 4 aromatic carbocycles. The van der Waals surface area contributed by atoms with Crippen LogP contribution in [0.3, 0.4) is 0 Å². The van der Waals surface area contributed by atoms with E-state index in [1.165, 1.54) is 21.8 Å². The largest absolute Gasteiger partial charge is 0.334 e. The molecule has 4 heteroatoms. The molecule has 0 fully saturated rings. The van der Waals surface area contributed by atoms with Crippen LogP contribution >= 0.6 is 0 Å². The van der Waals surface area contributed by atoms with Gasteiger partial charge in [0.1, 0.15) is 0 Å². The molecule has 30 heavy (non-hydrogen) atoms. The molecule has 0 amide bonds. The standard InChI is InChI=1S/C26H17N3O/c1-2-8-18(9-3-1)25-27-26(30-28-25)19-14-16-20(17-15-19)29-23-12-6-4-10-21(23)22-11-5-7-13-24(22)29/h1-17H. The Hall–Kier alpha value is -4.18. The fraction of sp³-hybridized carbons (Fsp3) is 0. The van der Waals surface area contributed by atoms with Crippen molar-refractivity contribution in [3.05, 3.63) is 103 Å². The summed E-state index contributed by atoms with van der Waals surface area (Å²) in [5, 5.41) is 6.63. The molecule has 0 aliphatic carbocycles. The maximum atomic E-state index is 5.51. The Morgan fingerprint density at radius 1 is 0.567 bits per heavy atom. The second kappa shape index (κ2) is 6.71. The molecule has 0 atom stereocenters. The third-order valence-electron chi connectivity index (χ3n) is 5.41. The summed E-state index contributed by atoms with van der Waals surface area (Å²) in [4.78, 5) is 4.56. The molecule has 2 heterocycles. The van der Waals surface area contributed by atoms with Crippen molar-refractivity contribution in [2.75, 3.05) is 0 Å². The molecule has 0 saturated heterocycles. The highest BCUT2D eigenvalue weighted by molar-refractivity contribution is 6.09. The van der Waals surface area contributed by atoms with Crippen molar-refractivity contribution >= 4 is 21.8 Å². The first-order valence-electron chi connectivity index (χ1n) is 9.87. The molecule has 0 N–H and O–H groups in total. The molecule has 0 bridgehead atoms. The number of benzene rings is 4. The van der Waals surface area contributed by atoms with Crippen LogP contribution in [0.15, 0.2) is 108 Å². The van der Waals surface area contributed by atoms with Crippen molar-refractivity contribution in [2.24, 2.45) is 0 Å². The van der Waals surface area contributed by atoms with Gasteiger partial charge in [-0.1, -0.05) is 71.9 Å². The second-order valence-electron chi connectivity index (χ2n) is 7.21. The van der Waals surface area contributed by atoms with Gasteiger partial charge in [-0.2, -0.15) is 4.98 Å². The molecule has 142 valence electrons. The molecule has 6 rings (SSSR count). The van der Waals surface area contributed by atoms with Gasteiger partial charge in [0.15, 0.2) is 0 Å². The van der Waals surface area contributed by atoms with Gasteiger partial charge in [-0.05, 0) is 36.4 Å². The van der Waals surface area contributed by atoms with E-state index in [1.807, 2.05) is 42.5 Å². The Bertz CT molecular complexity index is 1420. The van der Waals surface area contributed by atoms with Gasteiger partial charge in [-0.15, -0.1) is 0 Å². The Labute approximate surface area is 173 Å². The minimum atomic E-state index is 0.516. The van der Waals surface area contributed by atoms with Crippen molar-refractivity contribution in [2.45, 2.75) is 0 Å². The average Bonchev–Trinajstić information content (AvgIpc) is 3.43. The second-order valence-corrected chi connectivity index (χ2v) is 7.21. The van der Waals surface area contributed by atoms with Crippen molar-refractivity contribution in [1.29, 1.82) is 0 Å². The van der Waals surface area contributed by atoms with Crippen LogP contribution in [0.25, 0.3) is 50.3 Å². The topological polar surface area (TPSA) is 43.9 Å². The smallest absolute Gasteiger partial charge is 0.258 e. The first-order valence-corrected chi connectivity index (χ1v) is 9.87. The highest BCUT2D eigenvalue weighted by atomic mass is 16.5. The molecular formula is C26H17N3O. The SMILES string of the molecule is c1ccc(-c2noc(-c3ccc(-n4c5ccccc5c5ccccc54)cc3)n2)cc1. The number of hydrogen-bond acceptors (Lipinski definition) is 3. The predicted octanol–water partition coefficient (Wildman–Crippen LogP) is 6.50. The van der Waals surface area contributed by atoms with Gasteiger partial charge in [-0.25, -0.2) is 0 Å². The number of aromatic nitrogens is 3. The monoisotopic (exact) mass is 387 g/mol. The Morgan fingerprint density at radius 3 is 1.83 bits per heavy atom. The number of hydrogen-bond donors (Lipinski definition) is 0. The lowest BCUT2D eigenvalue weighted by atomic mass is 10.2. The summed E-state index contributed by atoms with van der Waals surface area (Å²) in [5.74, 6) is 1.11. The molecule has 0 unspecified atom stereocenters. The molecule has 0 aliphatic rings. The highest BCUT2D eigenvalue weighted by Crippen LogP contribution is 2.32. The summed E-state index contributed by atoms with van der Waals surface area (Å²) >= 11 is 0. The first kappa shape index (κ1) is 16.7. The summed E-state index contributed by atoms with van der Waals surface area (Å²) in [7, 11) is 0. The summed E-state index contributed by atoms with van der Waals surface area (Å²) in [5.41, 5.74) is 5.31. The first-order chi connectivity index (χ1) is 14.9. The van der Waals surface area contributed by atoms with Gasteiger partial charge in [0.05, 0.1) is 11.0 Å². The summed E-state index contributed by atoms with van der Waals surface area (Å²) in [6, 6.07) is 35.1. The zero-order valence-corrected chi connectivity index (χ0v) is 16.1. The van der Waals surface area contributed by atoms with E-state index in [9.17, 15) is 0 Å². The number of para-hydroxylation sites is 2. The van der Waals surface area contributed by atoms with Crippen LogP contribution in [0.2, 0.25) is 0 Å². The van der Waals surface area contributed by atoms with E-state index in [0.29, 0.717) is 11.7 Å². The van der Waals surface area contributed by atoms with Gasteiger partial charge in [0.25, 0.3) is 5.89 Å². The Balaban J connectivity index is 1.43. The molecule has 0 aliphatic heterocycles. The summed E-state index contributed by atoms with van der Waals surface area (Å²) in [6.07, 6.45) is 0.